The first kappa shape index (κ1) is 22.7. The number of hydrogen-bond acceptors (Lipinski definition) is 6. The van der Waals surface area contributed by atoms with Crippen molar-refractivity contribution < 1.29 is 35.3 Å². The van der Waals surface area contributed by atoms with Crippen molar-refractivity contribution in [3.63, 3.8) is 0 Å². The predicted molar refractivity (Wildman–Crippen MR) is 101 cm³/mol. The average molecular weight is 453 g/mol. The molecule has 8 nitrogen and oxygen atoms in total. The van der Waals surface area contributed by atoms with Gasteiger partial charge < -0.3 is 13.8 Å². The highest BCUT2D eigenvalue weighted by Gasteiger charge is 2.43. The molecule has 2 unspecified atom stereocenters. The number of nitrogens with zero attached hydrogens (tertiary/aromatic N) is 3. The van der Waals surface area contributed by atoms with Gasteiger partial charge in [-0.3, -0.25) is 0 Å². The van der Waals surface area contributed by atoms with E-state index in [1.165, 1.54) is 0 Å². The molecule has 3 heterocycles. The van der Waals surface area contributed by atoms with Gasteiger partial charge in [0.25, 0.3) is 0 Å². The van der Waals surface area contributed by atoms with Gasteiger partial charge in [-0.05, 0) is 46.5 Å². The fourth-order valence-electron chi connectivity index (χ4n) is 3.97. The van der Waals surface area contributed by atoms with Crippen molar-refractivity contribution in [3.05, 3.63) is 11.3 Å². The summed E-state index contributed by atoms with van der Waals surface area (Å²) in [6.45, 7) is 2.80. The SMILES string of the molecule is CC(C)(C)OC(=O)N1CCc2nn3c(c2CC1)OS(=O)(=O)C1CCC3C1.FC(F)F. The van der Waals surface area contributed by atoms with Crippen LogP contribution in [0.15, 0.2) is 0 Å². The molecule has 0 aromatic carbocycles. The number of carbonyl (C=O) groups excluding carboxylic acids is 1. The van der Waals surface area contributed by atoms with Crippen molar-refractivity contribution in [2.45, 2.75) is 76.4 Å². The molecule has 1 aromatic rings. The molecule has 170 valence electrons. The number of fused-ring (bicyclic) bond motifs is 6. The van der Waals surface area contributed by atoms with E-state index in [0.717, 1.165) is 17.7 Å². The largest absolute Gasteiger partial charge is 0.444 e. The lowest BCUT2D eigenvalue weighted by atomic mass is 10.1. The van der Waals surface area contributed by atoms with Crippen LogP contribution >= 0.6 is 0 Å². The van der Waals surface area contributed by atoms with Gasteiger partial charge in [-0.1, -0.05) is 0 Å². The maximum Gasteiger partial charge on any atom is 0.410 e. The number of halogens is 3. The second kappa shape index (κ2) is 8.27. The molecule has 1 fully saturated rings. The van der Waals surface area contributed by atoms with E-state index >= 15 is 0 Å². The molecule has 1 saturated carbocycles. The zero-order chi connectivity index (χ0) is 22.3. The molecule has 2 atom stereocenters. The summed E-state index contributed by atoms with van der Waals surface area (Å²) in [4.78, 5) is 14.0. The lowest BCUT2D eigenvalue weighted by Crippen LogP contribution is -2.38. The molecule has 0 spiro atoms. The third-order valence-electron chi connectivity index (χ3n) is 5.25. The Hall–Kier alpha value is -1.98. The minimum absolute atomic E-state index is 0.0844. The molecular weight excluding hydrogens is 427 g/mol. The summed E-state index contributed by atoms with van der Waals surface area (Å²) in [5, 5.41) is 4.24. The lowest BCUT2D eigenvalue weighted by molar-refractivity contribution is 0.00814. The fourth-order valence-corrected chi connectivity index (χ4v) is 5.39. The van der Waals surface area contributed by atoms with Crippen LogP contribution in [0.2, 0.25) is 0 Å². The van der Waals surface area contributed by atoms with Crippen molar-refractivity contribution in [3.8, 4) is 5.88 Å². The topological polar surface area (TPSA) is 90.7 Å². The Morgan fingerprint density at radius 1 is 1.20 bits per heavy atom. The normalized spacial score (nSPS) is 24.6. The number of carbonyl (C=O) groups is 1. The van der Waals surface area contributed by atoms with Crippen molar-refractivity contribution in [1.29, 1.82) is 0 Å². The standard InChI is InChI=1S/C17H25N3O5S.CHF3/c1-17(2,3)24-16(21)19-8-6-13-14(7-9-19)18-20-11-4-5-12(10-11)26(22,23)25-15(13)20;2-1(3)4/h11-12H,4-10H2,1-3H3;1H. The Kier molecular flexibility index (Phi) is 6.26. The quantitative estimate of drug-likeness (QED) is 0.561. The van der Waals surface area contributed by atoms with E-state index in [1.807, 2.05) is 20.8 Å². The smallest absolute Gasteiger partial charge is 0.410 e. The van der Waals surface area contributed by atoms with Crippen molar-refractivity contribution >= 4 is 16.2 Å². The van der Waals surface area contributed by atoms with Crippen LogP contribution in [0.5, 0.6) is 5.88 Å². The molecule has 30 heavy (non-hydrogen) atoms. The van der Waals surface area contributed by atoms with Gasteiger partial charge in [0.05, 0.1) is 17.0 Å². The van der Waals surface area contributed by atoms with Crippen molar-refractivity contribution in [2.24, 2.45) is 0 Å². The maximum atomic E-state index is 12.5. The fraction of sp³-hybridized carbons (Fsp3) is 0.778. The van der Waals surface area contributed by atoms with Crippen LogP contribution in [0.3, 0.4) is 0 Å². The maximum absolute atomic E-state index is 12.5. The van der Waals surface area contributed by atoms with Gasteiger partial charge in [0, 0.05) is 25.1 Å². The van der Waals surface area contributed by atoms with Crippen molar-refractivity contribution in [2.75, 3.05) is 13.1 Å². The molecular formula is C18H26F3N3O5S. The van der Waals surface area contributed by atoms with E-state index < -0.39 is 27.6 Å². The third kappa shape index (κ3) is 5.01. The highest BCUT2D eigenvalue weighted by atomic mass is 32.2. The lowest BCUT2D eigenvalue weighted by Gasteiger charge is -2.26. The number of ether oxygens (including phenoxy) is 1. The summed E-state index contributed by atoms with van der Waals surface area (Å²) in [5.74, 6) is 0.359. The molecule has 2 bridgehead atoms. The van der Waals surface area contributed by atoms with Crippen LogP contribution in [0.4, 0.5) is 18.0 Å². The molecule has 1 aliphatic carbocycles. The summed E-state index contributed by atoms with van der Waals surface area (Å²) in [7, 11) is -3.62. The van der Waals surface area contributed by atoms with Crippen LogP contribution in [0.25, 0.3) is 0 Å². The summed E-state index contributed by atoms with van der Waals surface area (Å²) < 4.78 is 66.7. The summed E-state index contributed by atoms with van der Waals surface area (Å²) in [6, 6.07) is 0.0844. The third-order valence-corrected chi connectivity index (χ3v) is 6.89. The van der Waals surface area contributed by atoms with Crippen LogP contribution < -0.4 is 4.18 Å². The van der Waals surface area contributed by atoms with E-state index in [2.05, 4.69) is 5.10 Å². The molecule has 4 rings (SSSR count). The Morgan fingerprint density at radius 3 is 2.47 bits per heavy atom. The first-order chi connectivity index (χ1) is 13.9. The van der Waals surface area contributed by atoms with E-state index in [9.17, 15) is 26.4 Å². The first-order valence-electron chi connectivity index (χ1n) is 9.81. The summed E-state index contributed by atoms with van der Waals surface area (Å²) >= 11 is 0. The van der Waals surface area contributed by atoms with Crippen LogP contribution in [0.1, 0.15) is 57.3 Å². The highest BCUT2D eigenvalue weighted by Crippen LogP contribution is 2.43. The van der Waals surface area contributed by atoms with Crippen LogP contribution in [-0.4, -0.2) is 59.8 Å². The molecule has 0 saturated heterocycles. The molecule has 3 aliphatic rings. The Balaban J connectivity index is 0.000000589. The first-order valence-corrected chi connectivity index (χ1v) is 11.3. The summed E-state index contributed by atoms with van der Waals surface area (Å²) in [5.41, 5.74) is 1.09. The Morgan fingerprint density at radius 2 is 1.83 bits per heavy atom. The molecule has 1 aromatic heterocycles. The minimum atomic E-state index is -3.67. The average Bonchev–Trinajstić information content (AvgIpc) is 3.10. The molecule has 1 amide bonds. The molecule has 0 radical (unpaired) electrons. The predicted octanol–water partition coefficient (Wildman–Crippen LogP) is 3.21. The molecule has 0 N–H and O–H groups in total. The zero-order valence-corrected chi connectivity index (χ0v) is 17.9. The summed E-state index contributed by atoms with van der Waals surface area (Å²) in [6.07, 6.45) is 2.73. The van der Waals surface area contributed by atoms with E-state index in [4.69, 9.17) is 8.92 Å². The van der Waals surface area contributed by atoms with Gasteiger partial charge in [-0.15, -0.1) is 0 Å². The van der Waals surface area contributed by atoms with E-state index in [0.29, 0.717) is 44.7 Å². The number of aromatic nitrogens is 2. The van der Waals surface area contributed by atoms with E-state index in [-0.39, 0.29) is 12.1 Å². The second-order valence-corrected chi connectivity index (χ2v) is 10.4. The second-order valence-electron chi connectivity index (χ2n) is 8.55. The monoisotopic (exact) mass is 453 g/mol. The number of amides is 1. The van der Waals surface area contributed by atoms with Crippen molar-refractivity contribution in [1.82, 2.24) is 14.7 Å². The van der Waals surface area contributed by atoms with E-state index in [1.54, 1.807) is 9.58 Å². The van der Waals surface area contributed by atoms with Gasteiger partial charge in [0.2, 0.25) is 5.88 Å². The Bertz CT molecular complexity index is 895. The number of rotatable bonds is 0. The van der Waals surface area contributed by atoms with Gasteiger partial charge in [0.15, 0.2) is 0 Å². The van der Waals surface area contributed by atoms with Gasteiger partial charge in [-0.2, -0.15) is 26.7 Å². The molecule has 2 aliphatic heterocycles. The van der Waals surface area contributed by atoms with Gasteiger partial charge >= 0.3 is 22.9 Å². The molecule has 12 heteroatoms. The van der Waals surface area contributed by atoms with Crippen LogP contribution in [0, 0.1) is 0 Å². The van der Waals surface area contributed by atoms with Crippen LogP contribution in [-0.2, 0) is 27.7 Å². The number of hydrogen-bond donors (Lipinski definition) is 0. The Labute approximate surface area is 173 Å². The van der Waals surface area contributed by atoms with Gasteiger partial charge in [0.1, 0.15) is 5.60 Å². The van der Waals surface area contributed by atoms with Gasteiger partial charge in [-0.25, -0.2) is 9.48 Å². The zero-order valence-electron chi connectivity index (χ0n) is 17.1. The minimum Gasteiger partial charge on any atom is -0.444 e. The number of alkyl halides is 3. The highest BCUT2D eigenvalue weighted by molar-refractivity contribution is 7.87.